The molecule has 0 N–H and O–H groups in total. The van der Waals surface area contributed by atoms with Crippen LogP contribution in [-0.2, 0) is 4.79 Å². The Kier molecular flexibility index (Phi) is 3.34. The molecule has 0 saturated heterocycles. The van der Waals surface area contributed by atoms with Gasteiger partial charge in [-0.15, -0.1) is 0 Å². The Labute approximate surface area is 44.0 Å². The van der Waals surface area contributed by atoms with Gasteiger partial charge in [-0.25, -0.2) is 0 Å². The summed E-state index contributed by atoms with van der Waals surface area (Å²) in [6, 6.07) is 0. The fourth-order valence-corrected chi connectivity index (χ4v) is 0. The van der Waals surface area contributed by atoms with Crippen LogP contribution in [-0.4, -0.2) is 32.0 Å². The second-order valence-corrected chi connectivity index (χ2v) is 4.16. The van der Waals surface area contributed by atoms with Crippen molar-refractivity contribution in [2.45, 2.75) is 6.92 Å². The summed E-state index contributed by atoms with van der Waals surface area (Å²) in [5, 5.41) is 0. The molecule has 0 aromatic rings. The van der Waals surface area contributed by atoms with Crippen LogP contribution in [0.1, 0.15) is 6.92 Å². The van der Waals surface area contributed by atoms with E-state index in [4.69, 9.17) is 0 Å². The molecule has 3 heteroatoms. The quantitative estimate of drug-likeness (QED) is 0.501. The van der Waals surface area contributed by atoms with Gasteiger partial charge < -0.3 is 0 Å². The Bertz CT molecular complexity index is 42.9. The maximum atomic E-state index is 9.82. The maximum absolute atomic E-state index is 9.82. The van der Waals surface area contributed by atoms with Gasteiger partial charge in [0.1, 0.15) is 0 Å². The first-order chi connectivity index (χ1) is 2.27. The fraction of sp³-hybridized carbons (Fsp3) is 0.500. The average Bonchev–Trinajstić information content (AvgIpc) is 1.38. The molecule has 0 amide bonds. The van der Waals surface area contributed by atoms with Gasteiger partial charge in [0.05, 0.1) is 0 Å². The van der Waals surface area contributed by atoms with Crippen molar-refractivity contribution in [2.75, 3.05) is 0 Å². The van der Waals surface area contributed by atoms with Crippen molar-refractivity contribution in [2.24, 2.45) is 0 Å². The standard InChI is InChI=1S/C2H4OSe2/c1-2(3)5-4/h4H,1H3. The van der Waals surface area contributed by atoms with E-state index >= 15 is 0 Å². The third-order valence-electron chi connectivity index (χ3n) is 0.129. The number of carbonyl (C=O) groups is 1. The predicted octanol–water partition coefficient (Wildman–Crippen LogP) is -0.947. The molecule has 0 unspecified atom stereocenters. The zero-order valence-corrected chi connectivity index (χ0v) is 6.35. The van der Waals surface area contributed by atoms with Crippen LogP contribution in [0.3, 0.4) is 0 Å². The van der Waals surface area contributed by atoms with Crippen LogP contribution in [0.25, 0.3) is 0 Å². The van der Waals surface area contributed by atoms with E-state index in [-0.39, 0.29) is 17.8 Å². The van der Waals surface area contributed by atoms with Crippen molar-refractivity contribution < 1.29 is 4.79 Å². The molecule has 0 aromatic heterocycles. The van der Waals surface area contributed by atoms with Gasteiger partial charge in [-0.1, -0.05) is 0 Å². The van der Waals surface area contributed by atoms with Gasteiger partial charge in [-0.05, 0) is 0 Å². The average molecular weight is 202 g/mol. The van der Waals surface area contributed by atoms with E-state index in [1.54, 1.807) is 6.92 Å². The van der Waals surface area contributed by atoms with Gasteiger partial charge in [0.25, 0.3) is 0 Å². The summed E-state index contributed by atoms with van der Waals surface area (Å²) >= 11 is 2.46. The predicted molar refractivity (Wildman–Crippen MR) is 23.6 cm³/mol. The summed E-state index contributed by atoms with van der Waals surface area (Å²) in [7, 11) is 0. The summed E-state index contributed by atoms with van der Waals surface area (Å²) in [6.07, 6.45) is 0. The zero-order chi connectivity index (χ0) is 4.28. The van der Waals surface area contributed by atoms with Gasteiger partial charge in [-0.3, -0.25) is 0 Å². The van der Waals surface area contributed by atoms with Crippen LogP contribution in [0.15, 0.2) is 0 Å². The van der Waals surface area contributed by atoms with Crippen molar-refractivity contribution in [1.82, 2.24) is 0 Å². The molecule has 0 atom stereocenters. The Hall–Kier alpha value is 0.709. The fourth-order valence-electron chi connectivity index (χ4n) is 0. The van der Waals surface area contributed by atoms with Crippen molar-refractivity contribution >= 4 is 32.0 Å². The normalized spacial score (nSPS) is 7.60. The molecule has 0 aromatic carbocycles. The SMILES string of the molecule is CC(=O)[Se][SeH]. The Morgan fingerprint density at radius 1 is 2.00 bits per heavy atom. The topological polar surface area (TPSA) is 17.1 Å². The summed E-state index contributed by atoms with van der Waals surface area (Å²) in [5.74, 6) is 0. The minimum atomic E-state index is 0.174. The van der Waals surface area contributed by atoms with Gasteiger partial charge in [0.2, 0.25) is 0 Å². The molecule has 0 aliphatic carbocycles. The van der Waals surface area contributed by atoms with Gasteiger partial charge >= 0.3 is 43.7 Å². The van der Waals surface area contributed by atoms with Crippen molar-refractivity contribution in [3.8, 4) is 0 Å². The van der Waals surface area contributed by atoms with Crippen LogP contribution in [0.4, 0.5) is 0 Å². The van der Waals surface area contributed by atoms with Crippen molar-refractivity contribution in [1.29, 1.82) is 0 Å². The summed E-state index contributed by atoms with van der Waals surface area (Å²) in [4.78, 5) is 9.82. The summed E-state index contributed by atoms with van der Waals surface area (Å²) < 4.78 is 0.289. The van der Waals surface area contributed by atoms with E-state index in [1.165, 1.54) is 0 Å². The van der Waals surface area contributed by atoms with Crippen LogP contribution < -0.4 is 0 Å². The monoisotopic (exact) mass is 204 g/mol. The van der Waals surface area contributed by atoms with Crippen LogP contribution in [0, 0.1) is 0 Å². The molecule has 0 radical (unpaired) electrons. The minimum absolute atomic E-state index is 0.174. The van der Waals surface area contributed by atoms with Crippen LogP contribution in [0.2, 0.25) is 0 Å². The first-order valence-electron chi connectivity index (χ1n) is 1.09. The zero-order valence-electron chi connectivity index (χ0n) is 2.76. The Morgan fingerprint density at radius 3 is 2.20 bits per heavy atom. The second kappa shape index (κ2) is 2.92. The van der Waals surface area contributed by atoms with E-state index in [0.29, 0.717) is 0 Å². The molecule has 0 heterocycles. The molecule has 1 nitrogen and oxygen atoms in total. The Balaban J connectivity index is 2.85. The number of hydrogen-bond donors (Lipinski definition) is 0. The van der Waals surface area contributed by atoms with Crippen LogP contribution in [0.5, 0.6) is 0 Å². The molecule has 30 valence electrons. The third kappa shape index (κ3) is 4.71. The molecule has 0 bridgehead atoms. The van der Waals surface area contributed by atoms with E-state index in [1.807, 2.05) is 0 Å². The first kappa shape index (κ1) is 5.71. The molecular weight excluding hydrogens is 198 g/mol. The summed E-state index contributed by atoms with van der Waals surface area (Å²) in [6.45, 7) is 1.60. The second-order valence-electron chi connectivity index (χ2n) is 0.583. The molecule has 0 saturated carbocycles. The number of rotatable bonds is 1. The van der Waals surface area contributed by atoms with Gasteiger partial charge in [0, 0.05) is 0 Å². The van der Waals surface area contributed by atoms with Crippen molar-refractivity contribution in [3.63, 3.8) is 0 Å². The molecule has 0 aliphatic rings. The summed E-state index contributed by atoms with van der Waals surface area (Å²) in [5.41, 5.74) is 0. The molecular formula is C2H4OSe2. The molecule has 0 aliphatic heterocycles. The van der Waals surface area contributed by atoms with Gasteiger partial charge in [-0.2, -0.15) is 0 Å². The van der Waals surface area contributed by atoms with Crippen molar-refractivity contribution in [3.05, 3.63) is 0 Å². The Morgan fingerprint density at radius 2 is 2.20 bits per heavy atom. The van der Waals surface area contributed by atoms with E-state index in [9.17, 15) is 4.79 Å². The third-order valence-corrected chi connectivity index (χ3v) is 3.47. The number of carbonyl (C=O) groups excluding carboxylic acids is 1. The number of hydrogen-bond acceptors (Lipinski definition) is 1. The molecule has 0 fully saturated rings. The van der Waals surface area contributed by atoms with E-state index in [0.717, 1.165) is 0 Å². The van der Waals surface area contributed by atoms with Gasteiger partial charge in [0.15, 0.2) is 0 Å². The molecule has 0 spiro atoms. The van der Waals surface area contributed by atoms with Crippen LogP contribution >= 0.6 is 0 Å². The van der Waals surface area contributed by atoms with E-state index < -0.39 is 0 Å². The molecule has 5 heavy (non-hydrogen) atoms. The first-order valence-corrected chi connectivity index (χ1v) is 6.69. The molecule has 0 rings (SSSR count). The van der Waals surface area contributed by atoms with E-state index in [2.05, 4.69) is 14.2 Å².